The summed E-state index contributed by atoms with van der Waals surface area (Å²) < 4.78 is 5.28. The lowest BCUT2D eigenvalue weighted by molar-refractivity contribution is 0.0790. The first-order valence-electron chi connectivity index (χ1n) is 8.83. The number of nitrogens with zero attached hydrogens (tertiary/aromatic N) is 4. The van der Waals surface area contributed by atoms with E-state index in [-0.39, 0.29) is 5.91 Å². The number of benzene rings is 1. The van der Waals surface area contributed by atoms with Gasteiger partial charge in [0.2, 0.25) is 0 Å². The number of urea groups is 1. The molecule has 1 heterocycles. The summed E-state index contributed by atoms with van der Waals surface area (Å²) in [6.45, 7) is 1.54. The standard InChI is InChI=1S/C19H26N6O3/c1-24(2)10-5-11-25(3)18(26)14-6-7-16(28-4)15(12-14)22-19(27)23-17-13-20-8-9-21-17/h6-9,12-13H,5,10-11H2,1-4H3,(H2,21,22,23,27). The van der Waals surface area contributed by atoms with Gasteiger partial charge in [0, 0.05) is 31.5 Å². The molecule has 0 aliphatic carbocycles. The summed E-state index contributed by atoms with van der Waals surface area (Å²) in [5.41, 5.74) is 0.847. The number of ether oxygens (including phenoxy) is 1. The quantitative estimate of drug-likeness (QED) is 0.721. The number of methoxy groups -OCH3 is 1. The smallest absolute Gasteiger partial charge is 0.324 e. The van der Waals surface area contributed by atoms with Gasteiger partial charge in [-0.1, -0.05) is 0 Å². The normalized spacial score (nSPS) is 10.5. The SMILES string of the molecule is COc1ccc(C(=O)N(C)CCCN(C)C)cc1NC(=O)Nc1cnccn1. The predicted molar refractivity (Wildman–Crippen MR) is 108 cm³/mol. The molecule has 150 valence electrons. The Morgan fingerprint density at radius 2 is 1.89 bits per heavy atom. The van der Waals surface area contributed by atoms with Crippen molar-refractivity contribution in [3.8, 4) is 5.75 Å². The minimum Gasteiger partial charge on any atom is -0.495 e. The molecule has 0 aliphatic heterocycles. The number of aromatic nitrogens is 2. The van der Waals surface area contributed by atoms with Gasteiger partial charge < -0.3 is 19.9 Å². The molecule has 2 N–H and O–H groups in total. The van der Waals surface area contributed by atoms with Crippen LogP contribution >= 0.6 is 0 Å². The molecule has 9 heteroatoms. The number of hydrogen-bond acceptors (Lipinski definition) is 6. The van der Waals surface area contributed by atoms with Crippen LogP contribution in [0.5, 0.6) is 5.75 Å². The van der Waals surface area contributed by atoms with E-state index in [2.05, 4.69) is 25.5 Å². The zero-order chi connectivity index (χ0) is 20.5. The van der Waals surface area contributed by atoms with Crippen LogP contribution in [-0.2, 0) is 0 Å². The highest BCUT2D eigenvalue weighted by atomic mass is 16.5. The molecule has 1 aromatic carbocycles. The fourth-order valence-corrected chi connectivity index (χ4v) is 2.52. The number of carbonyl (C=O) groups excluding carboxylic acids is 2. The fraction of sp³-hybridized carbons (Fsp3) is 0.368. The highest BCUT2D eigenvalue weighted by molar-refractivity contribution is 6.02. The van der Waals surface area contributed by atoms with Crippen LogP contribution in [0.3, 0.4) is 0 Å². The van der Waals surface area contributed by atoms with Gasteiger partial charge in [0.05, 0.1) is 19.0 Å². The van der Waals surface area contributed by atoms with E-state index < -0.39 is 6.03 Å². The van der Waals surface area contributed by atoms with Crippen LogP contribution in [0.25, 0.3) is 0 Å². The van der Waals surface area contributed by atoms with E-state index in [1.807, 2.05) is 14.1 Å². The van der Waals surface area contributed by atoms with Gasteiger partial charge in [0.1, 0.15) is 5.75 Å². The second kappa shape index (κ2) is 10.2. The molecule has 9 nitrogen and oxygen atoms in total. The maximum absolute atomic E-state index is 12.7. The summed E-state index contributed by atoms with van der Waals surface area (Å²) in [6, 6.07) is 4.41. The lowest BCUT2D eigenvalue weighted by Crippen LogP contribution is -2.30. The fourth-order valence-electron chi connectivity index (χ4n) is 2.52. The van der Waals surface area contributed by atoms with Gasteiger partial charge >= 0.3 is 6.03 Å². The van der Waals surface area contributed by atoms with E-state index in [0.29, 0.717) is 29.4 Å². The van der Waals surface area contributed by atoms with Gasteiger partial charge in [-0.3, -0.25) is 15.1 Å². The van der Waals surface area contributed by atoms with Crippen molar-refractivity contribution in [3.63, 3.8) is 0 Å². The van der Waals surface area contributed by atoms with Crippen LogP contribution < -0.4 is 15.4 Å². The molecule has 0 saturated heterocycles. The number of carbonyl (C=O) groups is 2. The van der Waals surface area contributed by atoms with Gasteiger partial charge in [-0.05, 0) is 45.3 Å². The Kier molecular flexibility index (Phi) is 7.70. The number of amides is 3. The molecule has 0 atom stereocenters. The van der Waals surface area contributed by atoms with E-state index in [1.165, 1.54) is 25.7 Å². The molecule has 28 heavy (non-hydrogen) atoms. The number of rotatable bonds is 8. The van der Waals surface area contributed by atoms with Gasteiger partial charge in [-0.15, -0.1) is 0 Å². The molecular formula is C19H26N6O3. The highest BCUT2D eigenvalue weighted by Gasteiger charge is 2.16. The number of nitrogens with one attached hydrogen (secondary N) is 2. The van der Waals surface area contributed by atoms with E-state index in [9.17, 15) is 9.59 Å². The van der Waals surface area contributed by atoms with E-state index in [0.717, 1.165) is 13.0 Å². The van der Waals surface area contributed by atoms with Crippen LogP contribution in [0.4, 0.5) is 16.3 Å². The Morgan fingerprint density at radius 1 is 1.11 bits per heavy atom. The van der Waals surface area contributed by atoms with Crippen LogP contribution in [0.1, 0.15) is 16.8 Å². The van der Waals surface area contributed by atoms with Crippen molar-refractivity contribution in [2.45, 2.75) is 6.42 Å². The average Bonchev–Trinajstić information content (AvgIpc) is 2.67. The third-order valence-electron chi connectivity index (χ3n) is 3.94. The van der Waals surface area contributed by atoms with Gasteiger partial charge in [0.15, 0.2) is 5.82 Å². The first kappa shape index (κ1) is 21.1. The largest absolute Gasteiger partial charge is 0.495 e. The number of anilines is 2. The zero-order valence-electron chi connectivity index (χ0n) is 16.6. The van der Waals surface area contributed by atoms with E-state index in [1.54, 1.807) is 30.1 Å². The molecule has 2 rings (SSSR count). The molecule has 0 unspecified atom stereocenters. The summed E-state index contributed by atoms with van der Waals surface area (Å²) >= 11 is 0. The Hall–Kier alpha value is -3.20. The molecule has 1 aromatic heterocycles. The third kappa shape index (κ3) is 6.20. The summed E-state index contributed by atoms with van der Waals surface area (Å²) in [6.07, 6.45) is 5.29. The minimum atomic E-state index is -0.511. The van der Waals surface area contributed by atoms with Gasteiger partial charge in [0.25, 0.3) is 5.91 Å². The molecule has 0 radical (unpaired) electrons. The highest BCUT2D eigenvalue weighted by Crippen LogP contribution is 2.26. The lowest BCUT2D eigenvalue weighted by Gasteiger charge is -2.19. The van der Waals surface area contributed by atoms with Crippen molar-refractivity contribution in [1.29, 1.82) is 0 Å². The first-order valence-corrected chi connectivity index (χ1v) is 8.83. The van der Waals surface area contributed by atoms with Crippen LogP contribution in [0.2, 0.25) is 0 Å². The van der Waals surface area contributed by atoms with Crippen molar-refractivity contribution in [2.24, 2.45) is 0 Å². The summed E-state index contributed by atoms with van der Waals surface area (Å²) in [5.74, 6) is 0.631. The monoisotopic (exact) mass is 386 g/mol. The molecule has 3 amide bonds. The molecule has 0 fully saturated rings. The third-order valence-corrected chi connectivity index (χ3v) is 3.94. The Morgan fingerprint density at radius 3 is 2.54 bits per heavy atom. The summed E-state index contributed by atoms with van der Waals surface area (Å²) in [4.78, 5) is 36.5. The van der Waals surface area contributed by atoms with Gasteiger partial charge in [-0.25, -0.2) is 9.78 Å². The molecule has 0 aliphatic rings. The van der Waals surface area contributed by atoms with Gasteiger partial charge in [-0.2, -0.15) is 0 Å². The van der Waals surface area contributed by atoms with E-state index >= 15 is 0 Å². The molecule has 0 spiro atoms. The molecule has 2 aromatic rings. The summed E-state index contributed by atoms with van der Waals surface area (Å²) in [7, 11) is 7.25. The van der Waals surface area contributed by atoms with Crippen molar-refractivity contribution in [2.75, 3.05) is 52.0 Å². The molecular weight excluding hydrogens is 360 g/mol. The maximum atomic E-state index is 12.7. The average molecular weight is 386 g/mol. The van der Waals surface area contributed by atoms with Crippen molar-refractivity contribution in [3.05, 3.63) is 42.4 Å². The molecule has 0 bridgehead atoms. The van der Waals surface area contributed by atoms with Crippen molar-refractivity contribution >= 4 is 23.4 Å². The lowest BCUT2D eigenvalue weighted by atomic mass is 10.1. The van der Waals surface area contributed by atoms with Crippen molar-refractivity contribution in [1.82, 2.24) is 19.8 Å². The topological polar surface area (TPSA) is 99.7 Å². The second-order valence-electron chi connectivity index (χ2n) is 6.47. The Labute approximate surface area is 164 Å². The Balaban J connectivity index is 2.07. The van der Waals surface area contributed by atoms with Crippen LogP contribution in [-0.4, -0.2) is 73.0 Å². The van der Waals surface area contributed by atoms with E-state index in [4.69, 9.17) is 4.74 Å². The van der Waals surface area contributed by atoms with Crippen LogP contribution in [0.15, 0.2) is 36.8 Å². The zero-order valence-corrected chi connectivity index (χ0v) is 16.6. The maximum Gasteiger partial charge on any atom is 0.324 e. The number of hydrogen-bond donors (Lipinski definition) is 2. The minimum absolute atomic E-state index is 0.126. The Bertz CT molecular complexity index is 798. The molecule has 0 saturated carbocycles. The van der Waals surface area contributed by atoms with Crippen LogP contribution in [0, 0.1) is 0 Å². The predicted octanol–water partition coefficient (Wildman–Crippen LogP) is 2.15. The first-order chi connectivity index (χ1) is 13.4. The van der Waals surface area contributed by atoms with Crippen molar-refractivity contribution < 1.29 is 14.3 Å². The second-order valence-corrected chi connectivity index (χ2v) is 6.47. The summed E-state index contributed by atoms with van der Waals surface area (Å²) in [5, 5.41) is 5.25.